The molecule has 6 heteroatoms. The van der Waals surface area contributed by atoms with E-state index in [1.54, 1.807) is 36.6 Å². The predicted molar refractivity (Wildman–Crippen MR) is 67.0 cm³/mol. The first kappa shape index (κ1) is 12.3. The molecule has 1 aromatic heterocycles. The molecule has 0 aliphatic carbocycles. The monoisotopic (exact) mass is 266 g/mol. The number of furan rings is 1. The summed E-state index contributed by atoms with van der Waals surface area (Å²) in [6.45, 7) is 0.235. The van der Waals surface area contributed by atoms with Crippen molar-refractivity contribution in [2.75, 3.05) is 0 Å². The molecule has 18 heavy (non-hydrogen) atoms. The minimum atomic E-state index is -0.102. The van der Waals surface area contributed by atoms with Crippen molar-refractivity contribution in [3.63, 3.8) is 0 Å². The van der Waals surface area contributed by atoms with Crippen LogP contribution in [0.5, 0.6) is 5.75 Å². The van der Waals surface area contributed by atoms with Gasteiger partial charge in [-0.2, -0.15) is 0 Å². The fourth-order valence-corrected chi connectivity index (χ4v) is 1.73. The second-order valence-electron chi connectivity index (χ2n) is 3.47. The summed E-state index contributed by atoms with van der Waals surface area (Å²) in [5.41, 5.74) is 5.91. The molecule has 94 valence electrons. The first-order chi connectivity index (χ1) is 8.72. The lowest BCUT2D eigenvalue weighted by Crippen LogP contribution is -2.15. The van der Waals surface area contributed by atoms with E-state index in [0.29, 0.717) is 22.1 Å². The molecule has 0 radical (unpaired) electrons. The Morgan fingerprint density at radius 2 is 2.22 bits per heavy atom. The summed E-state index contributed by atoms with van der Waals surface area (Å²) in [6, 6.07) is 8.58. The smallest absolute Gasteiger partial charge is 0.175 e. The van der Waals surface area contributed by atoms with Crippen LogP contribution in [0.15, 0.2) is 46.2 Å². The molecule has 0 atom stereocenters. The van der Waals surface area contributed by atoms with Crippen LogP contribution in [0.2, 0.25) is 5.02 Å². The SMILES string of the molecule is NC(=NO)c1c(Cl)cccc1OCc1ccco1. The molecular weight excluding hydrogens is 256 g/mol. The summed E-state index contributed by atoms with van der Waals surface area (Å²) < 4.78 is 10.7. The van der Waals surface area contributed by atoms with Gasteiger partial charge in [0.05, 0.1) is 16.8 Å². The van der Waals surface area contributed by atoms with Gasteiger partial charge in [-0.05, 0) is 24.3 Å². The Morgan fingerprint density at radius 1 is 1.39 bits per heavy atom. The van der Waals surface area contributed by atoms with Gasteiger partial charge in [-0.3, -0.25) is 0 Å². The zero-order valence-electron chi connectivity index (χ0n) is 9.34. The molecule has 0 spiro atoms. The Kier molecular flexibility index (Phi) is 3.74. The van der Waals surface area contributed by atoms with E-state index >= 15 is 0 Å². The normalized spacial score (nSPS) is 11.5. The molecular formula is C12H11ClN2O3. The van der Waals surface area contributed by atoms with Crippen molar-refractivity contribution in [2.45, 2.75) is 6.61 Å². The van der Waals surface area contributed by atoms with Gasteiger partial charge in [0.2, 0.25) is 0 Å². The lowest BCUT2D eigenvalue weighted by Gasteiger charge is -2.10. The molecule has 1 aromatic carbocycles. The minimum Gasteiger partial charge on any atom is -0.485 e. The summed E-state index contributed by atoms with van der Waals surface area (Å²) in [7, 11) is 0. The lowest BCUT2D eigenvalue weighted by molar-refractivity contribution is 0.269. The highest BCUT2D eigenvalue weighted by molar-refractivity contribution is 6.34. The van der Waals surface area contributed by atoms with Crippen LogP contribution in [-0.4, -0.2) is 11.0 Å². The van der Waals surface area contributed by atoms with Crippen LogP contribution in [0.25, 0.3) is 0 Å². The Labute approximate surface area is 108 Å². The first-order valence-electron chi connectivity index (χ1n) is 5.14. The molecule has 0 aliphatic rings. The van der Waals surface area contributed by atoms with E-state index in [2.05, 4.69) is 5.16 Å². The molecule has 0 fully saturated rings. The average molecular weight is 267 g/mol. The van der Waals surface area contributed by atoms with Crippen molar-refractivity contribution in [2.24, 2.45) is 10.9 Å². The van der Waals surface area contributed by atoms with Crippen molar-refractivity contribution >= 4 is 17.4 Å². The molecule has 0 bridgehead atoms. The highest BCUT2D eigenvalue weighted by Crippen LogP contribution is 2.26. The molecule has 0 amide bonds. The van der Waals surface area contributed by atoms with Crippen molar-refractivity contribution in [1.82, 2.24) is 0 Å². The fourth-order valence-electron chi connectivity index (χ4n) is 1.47. The number of nitrogens with zero attached hydrogens (tertiary/aromatic N) is 1. The standard InChI is InChI=1S/C12H11ClN2O3/c13-9-4-1-5-10(11(9)12(14)15-16)18-7-8-3-2-6-17-8/h1-6,16H,7H2,(H2,14,15). The van der Waals surface area contributed by atoms with Crippen molar-refractivity contribution in [3.05, 3.63) is 52.9 Å². The van der Waals surface area contributed by atoms with Crippen LogP contribution in [0.3, 0.4) is 0 Å². The third-order valence-corrected chi connectivity index (χ3v) is 2.60. The van der Waals surface area contributed by atoms with Gasteiger partial charge in [0.1, 0.15) is 18.1 Å². The number of hydrogen-bond donors (Lipinski definition) is 2. The van der Waals surface area contributed by atoms with Crippen LogP contribution >= 0.6 is 11.6 Å². The summed E-state index contributed by atoms with van der Waals surface area (Å²) in [5, 5.41) is 12.0. The van der Waals surface area contributed by atoms with Crippen molar-refractivity contribution in [1.29, 1.82) is 0 Å². The summed E-state index contributed by atoms with van der Waals surface area (Å²) in [5.74, 6) is 0.990. The predicted octanol–water partition coefficient (Wildman–Crippen LogP) is 2.61. The molecule has 2 aromatic rings. The number of ether oxygens (including phenoxy) is 1. The van der Waals surface area contributed by atoms with E-state index in [1.165, 1.54) is 0 Å². The number of benzene rings is 1. The van der Waals surface area contributed by atoms with Crippen molar-refractivity contribution in [3.8, 4) is 5.75 Å². The van der Waals surface area contributed by atoms with Crippen LogP contribution in [0, 0.1) is 0 Å². The molecule has 0 aliphatic heterocycles. The number of rotatable bonds is 4. The molecule has 5 nitrogen and oxygen atoms in total. The van der Waals surface area contributed by atoms with Crippen molar-refractivity contribution < 1.29 is 14.4 Å². The summed E-state index contributed by atoms with van der Waals surface area (Å²) >= 11 is 5.99. The zero-order valence-corrected chi connectivity index (χ0v) is 10.1. The van der Waals surface area contributed by atoms with Gasteiger partial charge in [-0.25, -0.2) is 0 Å². The maximum absolute atomic E-state index is 8.72. The number of hydrogen-bond acceptors (Lipinski definition) is 4. The lowest BCUT2D eigenvalue weighted by atomic mass is 10.2. The molecule has 2 rings (SSSR count). The van der Waals surface area contributed by atoms with Gasteiger partial charge in [-0.15, -0.1) is 0 Å². The number of nitrogens with two attached hydrogens (primary N) is 1. The van der Waals surface area contributed by atoms with Crippen LogP contribution < -0.4 is 10.5 Å². The third-order valence-electron chi connectivity index (χ3n) is 2.29. The maximum Gasteiger partial charge on any atom is 0.175 e. The van der Waals surface area contributed by atoms with E-state index < -0.39 is 0 Å². The maximum atomic E-state index is 8.72. The zero-order chi connectivity index (χ0) is 13.0. The Morgan fingerprint density at radius 3 is 2.89 bits per heavy atom. The second kappa shape index (κ2) is 5.46. The van der Waals surface area contributed by atoms with E-state index in [4.69, 9.17) is 31.7 Å². The largest absolute Gasteiger partial charge is 0.485 e. The van der Waals surface area contributed by atoms with E-state index in [9.17, 15) is 0 Å². The van der Waals surface area contributed by atoms with Gasteiger partial charge in [0.15, 0.2) is 5.84 Å². The highest BCUT2D eigenvalue weighted by Gasteiger charge is 2.13. The van der Waals surface area contributed by atoms with Crippen LogP contribution in [0.1, 0.15) is 11.3 Å². The number of amidine groups is 1. The van der Waals surface area contributed by atoms with Gasteiger partial charge < -0.3 is 20.1 Å². The highest BCUT2D eigenvalue weighted by atomic mass is 35.5. The molecule has 0 saturated heterocycles. The quantitative estimate of drug-likeness (QED) is 0.386. The fraction of sp³-hybridized carbons (Fsp3) is 0.0833. The van der Waals surface area contributed by atoms with E-state index in [-0.39, 0.29) is 12.4 Å². The van der Waals surface area contributed by atoms with Gasteiger partial charge in [0.25, 0.3) is 0 Å². The Hall–Kier alpha value is -2.14. The summed E-state index contributed by atoms with van der Waals surface area (Å²) in [6.07, 6.45) is 1.56. The molecule has 1 heterocycles. The van der Waals surface area contributed by atoms with Crippen LogP contribution in [-0.2, 0) is 6.61 Å². The number of halogens is 1. The van der Waals surface area contributed by atoms with E-state index in [0.717, 1.165) is 0 Å². The number of oxime groups is 1. The average Bonchev–Trinajstić information content (AvgIpc) is 2.88. The molecule has 0 saturated carbocycles. The van der Waals surface area contributed by atoms with Gasteiger partial charge in [-0.1, -0.05) is 22.8 Å². The Bertz CT molecular complexity index is 552. The Balaban J connectivity index is 2.24. The van der Waals surface area contributed by atoms with E-state index in [1.807, 2.05) is 0 Å². The second-order valence-corrected chi connectivity index (χ2v) is 3.87. The van der Waals surface area contributed by atoms with Crippen LogP contribution in [0.4, 0.5) is 0 Å². The topological polar surface area (TPSA) is 81.0 Å². The van der Waals surface area contributed by atoms with Gasteiger partial charge >= 0.3 is 0 Å². The first-order valence-corrected chi connectivity index (χ1v) is 5.51. The van der Waals surface area contributed by atoms with Gasteiger partial charge in [0, 0.05) is 0 Å². The summed E-state index contributed by atoms with van der Waals surface area (Å²) in [4.78, 5) is 0. The third kappa shape index (κ3) is 2.57. The minimum absolute atomic E-state index is 0.102. The molecule has 3 N–H and O–H groups in total. The molecule has 0 unspecified atom stereocenters.